The SMILES string of the molecule is COc1ccc(C2C(Cl)C(=O)N2c2nnc(COc3c(Cl)cc(Cl)cc3Cl)s2)cc1. The van der Waals surface area contributed by atoms with Gasteiger partial charge in [0.05, 0.1) is 23.2 Å². The first-order chi connectivity index (χ1) is 14.4. The van der Waals surface area contributed by atoms with E-state index in [0.29, 0.717) is 31.0 Å². The second-order valence-electron chi connectivity index (χ2n) is 6.29. The van der Waals surface area contributed by atoms with Gasteiger partial charge in [-0.05, 0) is 29.8 Å². The molecule has 0 bridgehead atoms. The number of methoxy groups -OCH3 is 1. The molecule has 0 saturated carbocycles. The van der Waals surface area contributed by atoms with E-state index in [2.05, 4.69) is 10.2 Å². The van der Waals surface area contributed by atoms with E-state index in [0.717, 1.165) is 11.3 Å². The molecule has 1 aliphatic heterocycles. The zero-order chi connectivity index (χ0) is 21.4. The van der Waals surface area contributed by atoms with E-state index >= 15 is 0 Å². The molecule has 2 aromatic carbocycles. The zero-order valence-electron chi connectivity index (χ0n) is 15.3. The van der Waals surface area contributed by atoms with E-state index in [1.54, 1.807) is 7.11 Å². The number of rotatable bonds is 6. The molecule has 1 amide bonds. The number of amides is 1. The molecule has 3 aromatic rings. The van der Waals surface area contributed by atoms with Gasteiger partial charge in [0.15, 0.2) is 10.8 Å². The minimum Gasteiger partial charge on any atom is -0.497 e. The van der Waals surface area contributed by atoms with Gasteiger partial charge in [-0.15, -0.1) is 21.8 Å². The lowest BCUT2D eigenvalue weighted by atomic mass is 9.94. The number of carbonyl (C=O) groups excluding carboxylic acids is 1. The Hall–Kier alpha value is -1.77. The molecule has 4 rings (SSSR count). The van der Waals surface area contributed by atoms with Crippen LogP contribution in [0.4, 0.5) is 5.13 Å². The number of ether oxygens (including phenoxy) is 2. The van der Waals surface area contributed by atoms with Gasteiger partial charge in [-0.3, -0.25) is 9.69 Å². The van der Waals surface area contributed by atoms with Gasteiger partial charge in [0, 0.05) is 5.02 Å². The summed E-state index contributed by atoms with van der Waals surface area (Å²) in [6.07, 6.45) is 0. The summed E-state index contributed by atoms with van der Waals surface area (Å²) in [6, 6.07) is 10.1. The van der Waals surface area contributed by atoms with Crippen molar-refractivity contribution in [3.05, 3.63) is 62.0 Å². The molecular weight excluding hydrogens is 492 g/mol. The average molecular weight is 505 g/mol. The number of nitrogens with zero attached hydrogens (tertiary/aromatic N) is 3. The summed E-state index contributed by atoms with van der Waals surface area (Å²) in [5.74, 6) is 0.790. The second-order valence-corrected chi connectivity index (χ2v) is 9.06. The molecule has 0 N–H and O–H groups in total. The lowest BCUT2D eigenvalue weighted by molar-refractivity contribution is -0.123. The zero-order valence-corrected chi connectivity index (χ0v) is 19.2. The third-order valence-electron chi connectivity index (χ3n) is 4.45. The normalized spacial score (nSPS) is 18.3. The molecule has 156 valence electrons. The first-order valence-corrected chi connectivity index (χ1v) is 11.0. The Morgan fingerprint density at radius 1 is 1.10 bits per heavy atom. The van der Waals surface area contributed by atoms with Gasteiger partial charge in [0.1, 0.15) is 17.7 Å². The Bertz CT molecular complexity index is 1070. The molecule has 6 nitrogen and oxygen atoms in total. The molecule has 1 aliphatic rings. The molecule has 2 atom stereocenters. The molecule has 2 unspecified atom stereocenters. The van der Waals surface area contributed by atoms with Crippen molar-refractivity contribution in [2.75, 3.05) is 12.0 Å². The highest BCUT2D eigenvalue weighted by atomic mass is 35.5. The van der Waals surface area contributed by atoms with Crippen LogP contribution in [-0.2, 0) is 11.4 Å². The Morgan fingerprint density at radius 2 is 1.77 bits per heavy atom. The van der Waals surface area contributed by atoms with Crippen LogP contribution >= 0.6 is 57.7 Å². The van der Waals surface area contributed by atoms with Gasteiger partial charge in [0.25, 0.3) is 0 Å². The fourth-order valence-corrected chi connectivity index (χ4v) is 5.07. The summed E-state index contributed by atoms with van der Waals surface area (Å²) in [4.78, 5) is 13.9. The van der Waals surface area contributed by atoms with Crippen molar-refractivity contribution in [1.29, 1.82) is 0 Å². The van der Waals surface area contributed by atoms with Gasteiger partial charge in [-0.2, -0.15) is 0 Å². The van der Waals surface area contributed by atoms with Crippen molar-refractivity contribution in [3.63, 3.8) is 0 Å². The summed E-state index contributed by atoms with van der Waals surface area (Å²) in [7, 11) is 1.59. The first-order valence-electron chi connectivity index (χ1n) is 8.60. The smallest absolute Gasteiger partial charge is 0.250 e. The molecule has 1 fully saturated rings. The number of alkyl halides is 1. The predicted octanol–water partition coefficient (Wildman–Crippen LogP) is 5.78. The summed E-state index contributed by atoms with van der Waals surface area (Å²) in [6.45, 7) is 0.0816. The van der Waals surface area contributed by atoms with E-state index < -0.39 is 5.38 Å². The van der Waals surface area contributed by atoms with E-state index in [1.807, 2.05) is 24.3 Å². The molecule has 0 spiro atoms. The maximum absolute atomic E-state index is 12.4. The fraction of sp³-hybridized carbons (Fsp3) is 0.211. The van der Waals surface area contributed by atoms with Crippen LogP contribution in [-0.4, -0.2) is 28.6 Å². The van der Waals surface area contributed by atoms with Crippen LogP contribution in [0.15, 0.2) is 36.4 Å². The summed E-state index contributed by atoms with van der Waals surface area (Å²) in [5.41, 5.74) is 0.878. The Kier molecular flexibility index (Phi) is 6.27. The number of hydrogen-bond acceptors (Lipinski definition) is 6. The molecule has 30 heavy (non-hydrogen) atoms. The number of β-lactam (4-membered cyclic amide) rings is 1. The number of benzene rings is 2. The van der Waals surface area contributed by atoms with Crippen LogP contribution in [0.1, 0.15) is 16.6 Å². The third-order valence-corrected chi connectivity index (χ3v) is 6.55. The van der Waals surface area contributed by atoms with Crippen molar-refractivity contribution in [1.82, 2.24) is 10.2 Å². The summed E-state index contributed by atoms with van der Waals surface area (Å²) < 4.78 is 10.9. The molecule has 0 aliphatic carbocycles. The van der Waals surface area contributed by atoms with Gasteiger partial charge < -0.3 is 9.47 Å². The van der Waals surface area contributed by atoms with Gasteiger partial charge >= 0.3 is 0 Å². The van der Waals surface area contributed by atoms with Crippen LogP contribution in [0.3, 0.4) is 0 Å². The van der Waals surface area contributed by atoms with Gasteiger partial charge in [-0.25, -0.2) is 0 Å². The van der Waals surface area contributed by atoms with Crippen LogP contribution in [0.25, 0.3) is 0 Å². The number of anilines is 1. The number of halogens is 4. The molecule has 2 heterocycles. The highest BCUT2D eigenvalue weighted by Gasteiger charge is 2.49. The van der Waals surface area contributed by atoms with Gasteiger partial charge in [0.2, 0.25) is 11.0 Å². The standard InChI is InChI=1S/C19H13Cl4N3O3S/c1-28-11-4-2-9(3-5-11)16-15(23)18(27)26(16)19-25-24-14(30-19)8-29-17-12(21)6-10(20)7-13(17)22/h2-7,15-16H,8H2,1H3. The van der Waals surface area contributed by atoms with E-state index in [9.17, 15) is 4.79 Å². The maximum Gasteiger partial charge on any atom is 0.250 e. The maximum atomic E-state index is 12.4. The third kappa shape index (κ3) is 4.05. The van der Waals surface area contributed by atoms with Crippen LogP contribution in [0, 0.1) is 0 Å². The molecule has 1 saturated heterocycles. The minimum absolute atomic E-state index is 0.0816. The molecule has 1 aromatic heterocycles. The van der Waals surface area contributed by atoms with Crippen LogP contribution in [0.2, 0.25) is 15.1 Å². The van der Waals surface area contributed by atoms with Crippen molar-refractivity contribution in [2.45, 2.75) is 18.0 Å². The minimum atomic E-state index is -0.673. The van der Waals surface area contributed by atoms with E-state index in [1.165, 1.54) is 28.4 Å². The summed E-state index contributed by atoms with van der Waals surface area (Å²) >= 11 is 25.7. The topological polar surface area (TPSA) is 64.5 Å². The van der Waals surface area contributed by atoms with Gasteiger partial charge in [-0.1, -0.05) is 58.3 Å². The monoisotopic (exact) mass is 503 g/mol. The van der Waals surface area contributed by atoms with Crippen molar-refractivity contribution in [2.24, 2.45) is 0 Å². The first kappa shape index (κ1) is 21.5. The predicted molar refractivity (Wildman–Crippen MR) is 119 cm³/mol. The quantitative estimate of drug-likeness (QED) is 0.314. The average Bonchev–Trinajstić information content (AvgIpc) is 3.18. The lowest BCUT2D eigenvalue weighted by Gasteiger charge is -2.42. The number of aromatic nitrogens is 2. The van der Waals surface area contributed by atoms with E-state index in [-0.39, 0.29) is 18.6 Å². The summed E-state index contributed by atoms with van der Waals surface area (Å²) in [5, 5.41) is 9.53. The van der Waals surface area contributed by atoms with Crippen LogP contribution in [0.5, 0.6) is 11.5 Å². The van der Waals surface area contributed by atoms with Crippen molar-refractivity contribution in [3.8, 4) is 11.5 Å². The Labute approximate surface area is 196 Å². The van der Waals surface area contributed by atoms with Crippen molar-refractivity contribution < 1.29 is 14.3 Å². The van der Waals surface area contributed by atoms with Crippen LogP contribution < -0.4 is 14.4 Å². The largest absolute Gasteiger partial charge is 0.497 e. The Balaban J connectivity index is 1.50. The highest BCUT2D eigenvalue weighted by molar-refractivity contribution is 7.15. The second kappa shape index (κ2) is 8.77. The number of carbonyl (C=O) groups is 1. The lowest BCUT2D eigenvalue weighted by Crippen LogP contribution is -2.56. The van der Waals surface area contributed by atoms with Crippen molar-refractivity contribution >= 4 is 68.8 Å². The highest BCUT2D eigenvalue weighted by Crippen LogP contribution is 2.43. The fourth-order valence-electron chi connectivity index (χ4n) is 2.99. The Morgan fingerprint density at radius 3 is 2.40 bits per heavy atom. The molecule has 0 radical (unpaired) electrons. The number of hydrogen-bond donors (Lipinski definition) is 0. The molecular formula is C19H13Cl4N3O3S. The van der Waals surface area contributed by atoms with E-state index in [4.69, 9.17) is 55.9 Å². The molecule has 11 heteroatoms.